The van der Waals surface area contributed by atoms with E-state index in [1.807, 2.05) is 6.08 Å². The standard InChI is InChI=1S/C72H133NO10/c1-3-5-7-9-11-13-14-15-33-37-40-44-48-52-56-60-68(77)81-61-57-53-49-45-41-38-35-32-30-28-26-24-22-20-18-16-17-19-21-23-25-27-29-31-34-36-39-43-47-51-55-59-67(76)73-64(65(75)58-54-50-46-42-12-10-8-6-4-2)63-82-72-71(80)70(79)69(78)66(62-74)83-72/h11,13,15,18,20,33,54,58,64-66,69-72,74-75,78-80H,3-10,12,14,16-17,19,21-32,34-53,55-57,59-63H2,1-2H3,(H,73,76)/b13-11-,20-18-,33-15-,58-54+. The van der Waals surface area contributed by atoms with Crippen molar-refractivity contribution in [3.8, 4) is 0 Å². The molecule has 11 nitrogen and oxygen atoms in total. The second kappa shape index (κ2) is 61.3. The Hall–Kier alpha value is -2.38. The summed E-state index contributed by atoms with van der Waals surface area (Å²) in [6.07, 6.45) is 69.8. The summed E-state index contributed by atoms with van der Waals surface area (Å²) in [6, 6.07) is -0.807. The number of aliphatic hydroxyl groups is 5. The molecule has 83 heavy (non-hydrogen) atoms. The first-order chi connectivity index (χ1) is 40.7. The van der Waals surface area contributed by atoms with Gasteiger partial charge in [-0.3, -0.25) is 9.59 Å². The van der Waals surface area contributed by atoms with Gasteiger partial charge in [0.25, 0.3) is 0 Å². The lowest BCUT2D eigenvalue weighted by Gasteiger charge is -2.40. The molecule has 6 N–H and O–H groups in total. The molecule has 11 heteroatoms. The van der Waals surface area contributed by atoms with Crippen molar-refractivity contribution in [2.75, 3.05) is 19.8 Å². The number of unbranched alkanes of at least 4 members (excludes halogenated alkanes) is 42. The minimum Gasteiger partial charge on any atom is -0.466 e. The van der Waals surface area contributed by atoms with Crippen molar-refractivity contribution in [1.29, 1.82) is 0 Å². The first-order valence-corrected chi connectivity index (χ1v) is 35.4. The summed E-state index contributed by atoms with van der Waals surface area (Å²) in [4.78, 5) is 25.1. The van der Waals surface area contributed by atoms with E-state index in [0.29, 0.717) is 19.4 Å². The van der Waals surface area contributed by atoms with Gasteiger partial charge in [0, 0.05) is 12.8 Å². The van der Waals surface area contributed by atoms with Gasteiger partial charge in [-0.2, -0.15) is 0 Å². The third-order valence-corrected chi connectivity index (χ3v) is 16.7. The molecule has 7 atom stereocenters. The summed E-state index contributed by atoms with van der Waals surface area (Å²) in [5.41, 5.74) is 0. The lowest BCUT2D eigenvalue weighted by atomic mass is 9.99. The first kappa shape index (κ1) is 78.6. The zero-order valence-corrected chi connectivity index (χ0v) is 53.9. The Morgan fingerprint density at radius 1 is 0.446 bits per heavy atom. The largest absolute Gasteiger partial charge is 0.466 e. The highest BCUT2D eigenvalue weighted by Crippen LogP contribution is 2.23. The highest BCUT2D eigenvalue weighted by Gasteiger charge is 2.44. The fourth-order valence-corrected chi connectivity index (χ4v) is 11.0. The topological polar surface area (TPSA) is 175 Å². The number of hydrogen-bond donors (Lipinski definition) is 6. The number of carbonyl (C=O) groups is 2. The van der Waals surface area contributed by atoms with Gasteiger partial charge in [0.05, 0.1) is 32.0 Å². The third-order valence-electron chi connectivity index (χ3n) is 16.7. The van der Waals surface area contributed by atoms with Gasteiger partial charge < -0.3 is 45.1 Å². The molecule has 0 saturated carbocycles. The fourth-order valence-electron chi connectivity index (χ4n) is 11.0. The van der Waals surface area contributed by atoms with Gasteiger partial charge in [-0.1, -0.05) is 281 Å². The van der Waals surface area contributed by atoms with Gasteiger partial charge in [-0.15, -0.1) is 0 Å². The molecule has 0 radical (unpaired) electrons. The highest BCUT2D eigenvalue weighted by molar-refractivity contribution is 5.76. The van der Waals surface area contributed by atoms with E-state index in [1.165, 1.54) is 244 Å². The van der Waals surface area contributed by atoms with E-state index in [4.69, 9.17) is 14.2 Å². The van der Waals surface area contributed by atoms with Crippen LogP contribution in [0.1, 0.15) is 335 Å². The first-order valence-electron chi connectivity index (χ1n) is 35.4. The van der Waals surface area contributed by atoms with Crippen LogP contribution in [0.3, 0.4) is 0 Å². The molecule has 1 saturated heterocycles. The number of allylic oxidation sites excluding steroid dienone is 7. The van der Waals surface area contributed by atoms with Gasteiger partial charge in [0.15, 0.2) is 6.29 Å². The van der Waals surface area contributed by atoms with Crippen molar-refractivity contribution < 1.29 is 49.3 Å². The number of esters is 1. The van der Waals surface area contributed by atoms with E-state index in [2.05, 4.69) is 55.6 Å². The monoisotopic (exact) mass is 1170 g/mol. The van der Waals surface area contributed by atoms with Crippen LogP contribution in [0.4, 0.5) is 0 Å². The maximum atomic E-state index is 13.0. The van der Waals surface area contributed by atoms with Crippen LogP contribution in [0.5, 0.6) is 0 Å². The summed E-state index contributed by atoms with van der Waals surface area (Å²) in [6.45, 7) is 4.31. The van der Waals surface area contributed by atoms with Crippen LogP contribution in [0, 0.1) is 0 Å². The molecule has 1 aliphatic rings. The number of hydrogen-bond acceptors (Lipinski definition) is 10. The van der Waals surface area contributed by atoms with Gasteiger partial charge in [0.1, 0.15) is 24.4 Å². The molecule has 1 rings (SSSR count). The normalized spacial score (nSPS) is 18.4. The molecular weight excluding hydrogens is 1040 g/mol. The summed E-state index contributed by atoms with van der Waals surface area (Å²) in [7, 11) is 0. The summed E-state index contributed by atoms with van der Waals surface area (Å²) in [5, 5.41) is 54.3. The SMILES string of the molecule is CCCCC/C=C\C/C=C\CCCCCCCC(=O)OCCCCCCCCCCCCCC/C=C\CCCCCCCCCCCCCCCCCC(=O)NC(COC1OC(CO)C(O)C(O)C1O)C(O)/C=C/CCCCCCCCC. The van der Waals surface area contributed by atoms with Gasteiger partial charge in [-0.05, 0) is 89.9 Å². The molecule has 486 valence electrons. The molecule has 0 aromatic carbocycles. The van der Waals surface area contributed by atoms with E-state index >= 15 is 0 Å². The minimum absolute atomic E-state index is 0.00440. The Bertz CT molecular complexity index is 1520. The van der Waals surface area contributed by atoms with Crippen LogP contribution >= 0.6 is 0 Å². The van der Waals surface area contributed by atoms with Crippen molar-refractivity contribution in [2.45, 2.75) is 378 Å². The van der Waals surface area contributed by atoms with Crippen molar-refractivity contribution >= 4 is 11.9 Å². The molecule has 1 aliphatic heterocycles. The van der Waals surface area contributed by atoms with Crippen molar-refractivity contribution in [1.82, 2.24) is 5.32 Å². The molecule has 0 aromatic heterocycles. The van der Waals surface area contributed by atoms with E-state index < -0.39 is 49.5 Å². The number of amides is 1. The van der Waals surface area contributed by atoms with Crippen LogP contribution in [0.2, 0.25) is 0 Å². The van der Waals surface area contributed by atoms with Crippen LogP contribution < -0.4 is 5.32 Å². The van der Waals surface area contributed by atoms with Gasteiger partial charge in [-0.25, -0.2) is 0 Å². The second-order valence-electron chi connectivity index (χ2n) is 24.6. The Morgan fingerprint density at radius 2 is 0.807 bits per heavy atom. The zero-order valence-electron chi connectivity index (χ0n) is 53.9. The molecule has 1 heterocycles. The number of carbonyl (C=O) groups excluding carboxylic acids is 2. The Morgan fingerprint density at radius 3 is 1.25 bits per heavy atom. The van der Waals surface area contributed by atoms with Crippen LogP contribution in [0.15, 0.2) is 48.6 Å². The van der Waals surface area contributed by atoms with E-state index in [1.54, 1.807) is 6.08 Å². The van der Waals surface area contributed by atoms with E-state index in [-0.39, 0.29) is 18.5 Å². The van der Waals surface area contributed by atoms with Crippen molar-refractivity contribution in [2.24, 2.45) is 0 Å². The average molecular weight is 1170 g/mol. The van der Waals surface area contributed by atoms with Crippen molar-refractivity contribution in [3.05, 3.63) is 48.6 Å². The maximum absolute atomic E-state index is 13.0. The molecule has 0 spiro atoms. The zero-order chi connectivity index (χ0) is 60.2. The van der Waals surface area contributed by atoms with Crippen molar-refractivity contribution in [3.63, 3.8) is 0 Å². The predicted octanol–water partition coefficient (Wildman–Crippen LogP) is 18.0. The number of rotatable bonds is 62. The quantitative estimate of drug-likeness (QED) is 0.0195. The maximum Gasteiger partial charge on any atom is 0.305 e. The molecule has 1 fully saturated rings. The number of aliphatic hydroxyl groups excluding tert-OH is 5. The third kappa shape index (κ3) is 50.3. The highest BCUT2D eigenvalue weighted by atomic mass is 16.7. The second-order valence-corrected chi connectivity index (χ2v) is 24.6. The van der Waals surface area contributed by atoms with E-state index in [9.17, 15) is 35.1 Å². The van der Waals surface area contributed by atoms with Gasteiger partial charge >= 0.3 is 5.97 Å². The fraction of sp³-hybridized carbons (Fsp3) is 0.861. The van der Waals surface area contributed by atoms with E-state index in [0.717, 1.165) is 64.2 Å². The molecule has 0 aromatic rings. The van der Waals surface area contributed by atoms with Crippen LogP contribution in [-0.4, -0.2) is 100 Å². The van der Waals surface area contributed by atoms with Crippen LogP contribution in [-0.2, 0) is 23.8 Å². The summed E-state index contributed by atoms with van der Waals surface area (Å²) < 4.78 is 16.7. The molecule has 0 bridgehead atoms. The molecular formula is C72H133NO10. The number of ether oxygens (including phenoxy) is 3. The lowest BCUT2D eigenvalue weighted by molar-refractivity contribution is -0.302. The smallest absolute Gasteiger partial charge is 0.305 e. The lowest BCUT2D eigenvalue weighted by Crippen LogP contribution is -2.60. The molecule has 1 amide bonds. The Kier molecular flexibility index (Phi) is 58.0. The number of nitrogens with one attached hydrogen (secondary N) is 1. The predicted molar refractivity (Wildman–Crippen MR) is 347 cm³/mol. The summed E-state index contributed by atoms with van der Waals surface area (Å²) >= 11 is 0. The summed E-state index contributed by atoms with van der Waals surface area (Å²) in [5.74, 6) is -0.185. The van der Waals surface area contributed by atoms with Gasteiger partial charge in [0.2, 0.25) is 5.91 Å². The molecule has 0 aliphatic carbocycles. The average Bonchev–Trinajstić information content (AvgIpc) is 3.58. The Balaban J connectivity index is 1.91. The Labute approximate surface area is 510 Å². The molecule has 7 unspecified atom stereocenters. The minimum atomic E-state index is -1.57. The van der Waals surface area contributed by atoms with Crippen LogP contribution in [0.25, 0.3) is 0 Å².